The van der Waals surface area contributed by atoms with Crippen LogP contribution in [-0.2, 0) is 19.1 Å². The molecule has 6 nitrogen and oxygen atoms in total. The normalized spacial score (nSPS) is 13.2. The SMILES string of the molecule is COC(=O)[C@H](CCCCNC(=O)C(F)(F)F)NC(=O)C(F)(F)F. The molecule has 2 amide bonds. The van der Waals surface area contributed by atoms with Crippen molar-refractivity contribution in [3.8, 4) is 0 Å². The summed E-state index contributed by atoms with van der Waals surface area (Å²) in [5.41, 5.74) is 0. The van der Waals surface area contributed by atoms with Crippen LogP contribution in [0.4, 0.5) is 26.3 Å². The van der Waals surface area contributed by atoms with Crippen LogP contribution in [0.2, 0.25) is 0 Å². The molecular formula is C11H14F6N2O4. The topological polar surface area (TPSA) is 84.5 Å². The third-order valence-corrected chi connectivity index (χ3v) is 2.51. The van der Waals surface area contributed by atoms with Gasteiger partial charge in [-0.1, -0.05) is 0 Å². The highest BCUT2D eigenvalue weighted by Gasteiger charge is 2.41. The van der Waals surface area contributed by atoms with Gasteiger partial charge in [0.15, 0.2) is 0 Å². The first-order valence-corrected chi connectivity index (χ1v) is 6.20. The molecule has 0 heterocycles. The summed E-state index contributed by atoms with van der Waals surface area (Å²) in [4.78, 5) is 32.5. The summed E-state index contributed by atoms with van der Waals surface area (Å²) in [5.74, 6) is -5.60. The maximum atomic E-state index is 12.1. The van der Waals surface area contributed by atoms with Gasteiger partial charge >= 0.3 is 30.1 Å². The second-order valence-electron chi connectivity index (χ2n) is 4.30. The van der Waals surface area contributed by atoms with E-state index in [2.05, 4.69) is 4.74 Å². The molecule has 0 aliphatic rings. The van der Waals surface area contributed by atoms with E-state index < -0.39 is 36.2 Å². The summed E-state index contributed by atoms with van der Waals surface area (Å²) >= 11 is 0. The molecular weight excluding hydrogens is 338 g/mol. The van der Waals surface area contributed by atoms with Crippen LogP contribution in [0.1, 0.15) is 19.3 Å². The average molecular weight is 352 g/mol. The number of unbranched alkanes of at least 4 members (excludes halogenated alkanes) is 1. The van der Waals surface area contributed by atoms with E-state index >= 15 is 0 Å². The fourth-order valence-corrected chi connectivity index (χ4v) is 1.41. The number of halogens is 6. The number of carbonyl (C=O) groups excluding carboxylic acids is 3. The number of alkyl halides is 6. The minimum Gasteiger partial charge on any atom is -0.467 e. The summed E-state index contributed by atoms with van der Waals surface area (Å²) in [7, 11) is 0.901. The quantitative estimate of drug-likeness (QED) is 0.408. The van der Waals surface area contributed by atoms with Gasteiger partial charge in [0.25, 0.3) is 0 Å². The lowest BCUT2D eigenvalue weighted by Gasteiger charge is -2.17. The minimum absolute atomic E-state index is 0.0317. The molecule has 0 radical (unpaired) electrons. The van der Waals surface area contributed by atoms with Gasteiger partial charge in [0.1, 0.15) is 6.04 Å². The Morgan fingerprint density at radius 3 is 1.91 bits per heavy atom. The van der Waals surface area contributed by atoms with Gasteiger partial charge in [-0.05, 0) is 19.3 Å². The second kappa shape index (κ2) is 8.58. The molecule has 0 rings (SSSR count). The van der Waals surface area contributed by atoms with Crippen molar-refractivity contribution >= 4 is 17.8 Å². The first kappa shape index (κ1) is 21.0. The molecule has 0 saturated heterocycles. The molecule has 1 atom stereocenters. The Morgan fingerprint density at radius 1 is 0.957 bits per heavy atom. The third kappa shape index (κ3) is 8.26. The molecule has 0 aromatic rings. The molecule has 0 aliphatic heterocycles. The van der Waals surface area contributed by atoms with Gasteiger partial charge in [0.05, 0.1) is 7.11 Å². The molecule has 0 saturated carbocycles. The van der Waals surface area contributed by atoms with E-state index in [1.165, 1.54) is 5.32 Å². The van der Waals surface area contributed by atoms with Crippen molar-refractivity contribution in [1.82, 2.24) is 10.6 Å². The summed E-state index contributed by atoms with van der Waals surface area (Å²) in [6.07, 6.45) is -10.6. The van der Waals surface area contributed by atoms with Gasteiger partial charge in [-0.2, -0.15) is 26.3 Å². The second-order valence-corrected chi connectivity index (χ2v) is 4.30. The summed E-state index contributed by atoms with van der Waals surface area (Å²) in [6, 6.07) is -1.59. The van der Waals surface area contributed by atoms with Crippen molar-refractivity contribution in [2.24, 2.45) is 0 Å². The predicted octanol–water partition coefficient (Wildman–Crippen LogP) is 1.06. The Labute approximate surface area is 126 Å². The average Bonchev–Trinajstić information content (AvgIpc) is 2.42. The van der Waals surface area contributed by atoms with Crippen molar-refractivity contribution in [2.45, 2.75) is 37.7 Å². The van der Waals surface area contributed by atoms with Gasteiger partial charge in [-0.3, -0.25) is 9.59 Å². The minimum atomic E-state index is -5.19. The van der Waals surface area contributed by atoms with Crippen molar-refractivity contribution in [2.75, 3.05) is 13.7 Å². The van der Waals surface area contributed by atoms with Crippen molar-refractivity contribution < 1.29 is 45.5 Å². The van der Waals surface area contributed by atoms with E-state index in [9.17, 15) is 40.7 Å². The van der Waals surface area contributed by atoms with E-state index in [1.54, 1.807) is 5.32 Å². The first-order chi connectivity index (χ1) is 10.4. The Morgan fingerprint density at radius 2 is 1.48 bits per heavy atom. The van der Waals surface area contributed by atoms with E-state index in [4.69, 9.17) is 0 Å². The van der Waals surface area contributed by atoms with E-state index in [1.807, 2.05) is 0 Å². The maximum absolute atomic E-state index is 12.1. The Balaban J connectivity index is 4.30. The summed E-state index contributed by atoms with van der Waals surface area (Å²) in [5, 5.41) is 2.98. The van der Waals surface area contributed by atoms with Crippen LogP contribution in [0.15, 0.2) is 0 Å². The van der Waals surface area contributed by atoms with Gasteiger partial charge in [0.2, 0.25) is 0 Å². The number of amides is 2. The number of methoxy groups -OCH3 is 1. The lowest BCUT2D eigenvalue weighted by Crippen LogP contribution is -2.47. The van der Waals surface area contributed by atoms with Crippen LogP contribution in [0.25, 0.3) is 0 Å². The largest absolute Gasteiger partial charge is 0.471 e. The highest BCUT2D eigenvalue weighted by molar-refractivity contribution is 5.87. The fraction of sp³-hybridized carbons (Fsp3) is 0.727. The standard InChI is InChI=1S/C11H14F6N2O4/c1-23-7(20)6(19-9(22)11(15,16)17)4-2-3-5-18-8(21)10(12,13)14/h6H,2-5H2,1H3,(H,18,21)(H,19,22)/t6-/m0/s1. The molecule has 0 aliphatic carbocycles. The smallest absolute Gasteiger partial charge is 0.467 e. The third-order valence-electron chi connectivity index (χ3n) is 2.51. The fourth-order valence-electron chi connectivity index (χ4n) is 1.41. The van der Waals surface area contributed by atoms with Gasteiger partial charge in [-0.15, -0.1) is 0 Å². The Hall–Kier alpha value is -2.01. The number of hydrogen-bond donors (Lipinski definition) is 2. The maximum Gasteiger partial charge on any atom is 0.471 e. The van der Waals surface area contributed by atoms with Gasteiger partial charge in [-0.25, -0.2) is 4.79 Å². The van der Waals surface area contributed by atoms with Crippen molar-refractivity contribution in [1.29, 1.82) is 0 Å². The molecule has 12 heteroatoms. The highest BCUT2D eigenvalue weighted by Crippen LogP contribution is 2.16. The van der Waals surface area contributed by atoms with Gasteiger partial charge < -0.3 is 15.4 Å². The van der Waals surface area contributed by atoms with E-state index in [0.29, 0.717) is 0 Å². The van der Waals surface area contributed by atoms with Crippen LogP contribution >= 0.6 is 0 Å². The molecule has 23 heavy (non-hydrogen) atoms. The molecule has 0 spiro atoms. The zero-order valence-electron chi connectivity index (χ0n) is 11.8. The molecule has 134 valence electrons. The number of carbonyl (C=O) groups is 3. The molecule has 2 N–H and O–H groups in total. The molecule has 0 aromatic carbocycles. The molecule has 0 fully saturated rings. The number of esters is 1. The summed E-state index contributed by atoms with van der Waals surface area (Å²) < 4.78 is 76.1. The molecule has 0 aromatic heterocycles. The first-order valence-electron chi connectivity index (χ1n) is 6.20. The zero-order chi connectivity index (χ0) is 18.3. The van der Waals surface area contributed by atoms with Crippen LogP contribution in [0, 0.1) is 0 Å². The highest BCUT2D eigenvalue weighted by atomic mass is 19.4. The molecule has 0 unspecified atom stereocenters. The number of nitrogens with one attached hydrogen (secondary N) is 2. The van der Waals surface area contributed by atoms with E-state index in [-0.39, 0.29) is 25.8 Å². The Bertz CT molecular complexity index is 435. The molecule has 0 bridgehead atoms. The predicted molar refractivity (Wildman–Crippen MR) is 62.9 cm³/mol. The number of ether oxygens (including phenoxy) is 1. The van der Waals surface area contributed by atoms with Crippen LogP contribution in [0.3, 0.4) is 0 Å². The number of hydrogen-bond acceptors (Lipinski definition) is 4. The number of rotatable bonds is 7. The Kier molecular flexibility index (Phi) is 7.83. The van der Waals surface area contributed by atoms with Crippen molar-refractivity contribution in [3.05, 3.63) is 0 Å². The summed E-state index contributed by atoms with van der Waals surface area (Å²) in [6.45, 7) is -0.389. The monoisotopic (exact) mass is 352 g/mol. The van der Waals surface area contributed by atoms with E-state index in [0.717, 1.165) is 7.11 Å². The van der Waals surface area contributed by atoms with Crippen LogP contribution in [0.5, 0.6) is 0 Å². The zero-order valence-corrected chi connectivity index (χ0v) is 11.8. The van der Waals surface area contributed by atoms with Crippen LogP contribution < -0.4 is 10.6 Å². The van der Waals surface area contributed by atoms with Gasteiger partial charge in [0, 0.05) is 6.54 Å². The lowest BCUT2D eigenvalue weighted by molar-refractivity contribution is -0.175. The van der Waals surface area contributed by atoms with Crippen LogP contribution in [-0.4, -0.2) is 49.8 Å². The van der Waals surface area contributed by atoms with Crippen molar-refractivity contribution in [3.63, 3.8) is 0 Å². The lowest BCUT2D eigenvalue weighted by atomic mass is 10.1.